The number of hydrogen-bond acceptors (Lipinski definition) is 8. The molecule has 1 aromatic heterocycles. The van der Waals surface area contributed by atoms with Crippen molar-refractivity contribution in [2.24, 2.45) is 0 Å². The first-order valence-corrected chi connectivity index (χ1v) is 9.88. The normalized spacial score (nSPS) is 14.9. The van der Waals surface area contributed by atoms with Gasteiger partial charge in [0.25, 0.3) is 0 Å². The minimum Gasteiger partial charge on any atom is -0.495 e. The molecule has 27 heavy (non-hydrogen) atoms. The number of ether oxygens (including phenoxy) is 1. The van der Waals surface area contributed by atoms with Gasteiger partial charge in [-0.1, -0.05) is 11.6 Å². The van der Waals surface area contributed by atoms with Gasteiger partial charge in [0.15, 0.2) is 0 Å². The fraction of sp³-hybridized carbons (Fsp3) is 0.312. The molecule has 2 N–H and O–H groups in total. The zero-order valence-electron chi connectivity index (χ0n) is 14.5. The third-order valence-corrected chi connectivity index (χ3v) is 6.25. The smallest absolute Gasteiger partial charge is 0.227 e. The van der Waals surface area contributed by atoms with Crippen LogP contribution in [-0.2, 0) is 14.6 Å². The van der Waals surface area contributed by atoms with E-state index in [9.17, 15) is 13.2 Å². The van der Waals surface area contributed by atoms with E-state index in [0.717, 1.165) is 6.41 Å². The van der Waals surface area contributed by atoms with Gasteiger partial charge < -0.3 is 20.3 Å². The summed E-state index contributed by atoms with van der Waals surface area (Å²) in [4.78, 5) is 22.3. The Kier molecular flexibility index (Phi) is 5.38. The predicted molar refractivity (Wildman–Crippen MR) is 99.8 cm³/mol. The maximum atomic E-state index is 13.0. The molecule has 1 aliphatic rings. The minimum absolute atomic E-state index is 0.111. The van der Waals surface area contributed by atoms with Gasteiger partial charge in [-0.15, -0.1) is 0 Å². The maximum Gasteiger partial charge on any atom is 0.227 e. The summed E-state index contributed by atoms with van der Waals surface area (Å²) in [5.74, 6) is 0.294. The molecule has 144 valence electrons. The number of aromatic nitrogens is 2. The summed E-state index contributed by atoms with van der Waals surface area (Å²) in [7, 11) is -2.66. The molecule has 1 aliphatic heterocycles. The van der Waals surface area contributed by atoms with Crippen LogP contribution in [0.2, 0.25) is 5.02 Å². The van der Waals surface area contributed by atoms with Crippen molar-refractivity contribution < 1.29 is 17.9 Å². The van der Waals surface area contributed by atoms with Crippen molar-refractivity contribution in [3.05, 3.63) is 29.4 Å². The highest BCUT2D eigenvalue weighted by Gasteiger charge is 2.27. The molecule has 0 bridgehead atoms. The standard InChI is InChI=1S/C16H18ClN5O4S/c1-26-12-3-2-11(17)8-13(12)27(24,25)14-9-19-16(20-15(14)18)22-6-4-21(10-23)5-7-22/h2-3,8-10H,4-7H2,1H3,(H2,18,19,20). The number of benzene rings is 1. The first-order valence-electron chi connectivity index (χ1n) is 8.02. The van der Waals surface area contributed by atoms with Gasteiger partial charge in [0.2, 0.25) is 22.2 Å². The summed E-state index contributed by atoms with van der Waals surface area (Å²) in [6.45, 7) is 2.14. The number of amides is 1. The van der Waals surface area contributed by atoms with Gasteiger partial charge in [0.1, 0.15) is 21.4 Å². The lowest BCUT2D eigenvalue weighted by Crippen LogP contribution is -2.46. The number of nitrogens with two attached hydrogens (primary N) is 1. The van der Waals surface area contributed by atoms with Crippen molar-refractivity contribution in [1.29, 1.82) is 0 Å². The Morgan fingerprint density at radius 2 is 1.93 bits per heavy atom. The van der Waals surface area contributed by atoms with E-state index in [1.807, 2.05) is 4.90 Å². The van der Waals surface area contributed by atoms with Crippen molar-refractivity contribution in [3.8, 4) is 5.75 Å². The van der Waals surface area contributed by atoms with Crippen LogP contribution in [0.1, 0.15) is 0 Å². The van der Waals surface area contributed by atoms with Crippen LogP contribution >= 0.6 is 11.6 Å². The molecule has 0 atom stereocenters. The number of halogens is 1. The van der Waals surface area contributed by atoms with Crippen LogP contribution in [0.15, 0.2) is 34.2 Å². The minimum atomic E-state index is -4.03. The summed E-state index contributed by atoms with van der Waals surface area (Å²) < 4.78 is 31.1. The quantitative estimate of drug-likeness (QED) is 0.718. The highest BCUT2D eigenvalue weighted by molar-refractivity contribution is 7.91. The van der Waals surface area contributed by atoms with Crippen LogP contribution in [0.25, 0.3) is 0 Å². The van der Waals surface area contributed by atoms with Crippen LogP contribution in [0, 0.1) is 0 Å². The van der Waals surface area contributed by atoms with E-state index in [2.05, 4.69) is 9.97 Å². The average Bonchev–Trinajstić information content (AvgIpc) is 2.67. The van der Waals surface area contributed by atoms with Crippen LogP contribution in [0.5, 0.6) is 5.75 Å². The topological polar surface area (TPSA) is 119 Å². The Hall–Kier alpha value is -2.59. The van der Waals surface area contributed by atoms with E-state index in [4.69, 9.17) is 22.1 Å². The fourth-order valence-electron chi connectivity index (χ4n) is 2.74. The Balaban J connectivity index is 1.94. The number of nitrogen functional groups attached to an aromatic ring is 1. The number of carbonyl (C=O) groups excluding carboxylic acids is 1. The number of anilines is 2. The Morgan fingerprint density at radius 3 is 2.52 bits per heavy atom. The molecular weight excluding hydrogens is 394 g/mol. The summed E-state index contributed by atoms with van der Waals surface area (Å²) in [6.07, 6.45) is 1.97. The van der Waals surface area contributed by atoms with Crippen molar-refractivity contribution in [2.45, 2.75) is 9.79 Å². The van der Waals surface area contributed by atoms with Crippen LogP contribution in [-0.4, -0.2) is 63.0 Å². The number of piperazine rings is 1. The van der Waals surface area contributed by atoms with E-state index in [-0.39, 0.29) is 26.4 Å². The molecule has 0 unspecified atom stereocenters. The highest BCUT2D eigenvalue weighted by atomic mass is 35.5. The molecule has 0 spiro atoms. The van der Waals surface area contributed by atoms with Crippen molar-refractivity contribution in [1.82, 2.24) is 14.9 Å². The van der Waals surface area contributed by atoms with E-state index in [1.54, 1.807) is 4.90 Å². The molecule has 3 rings (SSSR count). The molecule has 0 saturated carbocycles. The fourth-order valence-corrected chi connectivity index (χ4v) is 4.42. The molecule has 11 heteroatoms. The predicted octanol–water partition coefficient (Wildman–Crippen LogP) is 0.832. The van der Waals surface area contributed by atoms with E-state index >= 15 is 0 Å². The number of sulfone groups is 1. The van der Waals surface area contributed by atoms with Gasteiger partial charge in [-0.2, -0.15) is 4.98 Å². The number of rotatable bonds is 5. The van der Waals surface area contributed by atoms with Gasteiger partial charge in [0, 0.05) is 31.2 Å². The molecule has 1 saturated heterocycles. The summed E-state index contributed by atoms with van der Waals surface area (Å²) in [6, 6.07) is 4.29. The molecule has 9 nitrogen and oxygen atoms in total. The van der Waals surface area contributed by atoms with Crippen LogP contribution < -0.4 is 15.4 Å². The van der Waals surface area contributed by atoms with Crippen molar-refractivity contribution >= 4 is 39.6 Å². The second kappa shape index (κ2) is 7.57. The number of nitrogens with zero attached hydrogens (tertiary/aromatic N) is 4. The Morgan fingerprint density at radius 1 is 1.22 bits per heavy atom. The second-order valence-corrected chi connectivity index (χ2v) is 8.17. The first-order chi connectivity index (χ1) is 12.9. The van der Waals surface area contributed by atoms with Gasteiger partial charge in [-0.05, 0) is 18.2 Å². The lowest BCUT2D eigenvalue weighted by molar-refractivity contribution is -0.118. The van der Waals surface area contributed by atoms with Crippen molar-refractivity contribution in [3.63, 3.8) is 0 Å². The lowest BCUT2D eigenvalue weighted by atomic mass is 10.3. The van der Waals surface area contributed by atoms with Gasteiger partial charge in [-0.25, -0.2) is 13.4 Å². The van der Waals surface area contributed by atoms with E-state index < -0.39 is 9.84 Å². The summed E-state index contributed by atoms with van der Waals surface area (Å²) in [5, 5.41) is 0.249. The lowest BCUT2D eigenvalue weighted by Gasteiger charge is -2.32. The average molecular weight is 412 g/mol. The Labute approximate surface area is 161 Å². The molecule has 1 fully saturated rings. The van der Waals surface area contributed by atoms with E-state index in [1.165, 1.54) is 31.5 Å². The molecule has 0 aliphatic carbocycles. The summed E-state index contributed by atoms with van der Waals surface area (Å²) in [5.41, 5.74) is 5.94. The number of methoxy groups -OCH3 is 1. The van der Waals surface area contributed by atoms with Gasteiger partial charge in [-0.3, -0.25) is 4.79 Å². The third-order valence-electron chi connectivity index (χ3n) is 4.22. The monoisotopic (exact) mass is 411 g/mol. The second-order valence-electron chi connectivity index (χ2n) is 5.85. The number of hydrogen-bond donors (Lipinski definition) is 1. The number of carbonyl (C=O) groups is 1. The van der Waals surface area contributed by atoms with Gasteiger partial charge >= 0.3 is 0 Å². The molecule has 1 aromatic carbocycles. The largest absolute Gasteiger partial charge is 0.495 e. The van der Waals surface area contributed by atoms with Gasteiger partial charge in [0.05, 0.1) is 13.3 Å². The Bertz CT molecular complexity index is 961. The highest BCUT2D eigenvalue weighted by Crippen LogP contribution is 2.33. The molecule has 2 heterocycles. The molecule has 2 aromatic rings. The third kappa shape index (κ3) is 3.76. The first kappa shape index (κ1) is 19.2. The zero-order valence-corrected chi connectivity index (χ0v) is 16.1. The molecular formula is C16H18ClN5O4S. The van der Waals surface area contributed by atoms with Crippen molar-refractivity contribution in [2.75, 3.05) is 43.9 Å². The van der Waals surface area contributed by atoms with Crippen LogP contribution in [0.4, 0.5) is 11.8 Å². The summed E-state index contributed by atoms with van der Waals surface area (Å²) >= 11 is 5.94. The molecule has 0 radical (unpaired) electrons. The maximum absolute atomic E-state index is 13.0. The zero-order chi connectivity index (χ0) is 19.6. The van der Waals surface area contributed by atoms with E-state index in [0.29, 0.717) is 32.1 Å². The van der Waals surface area contributed by atoms with Crippen LogP contribution in [0.3, 0.4) is 0 Å². The molecule has 1 amide bonds. The SMILES string of the molecule is COc1ccc(Cl)cc1S(=O)(=O)c1cnc(N2CCN(C=O)CC2)nc1N.